The first-order valence-electron chi connectivity index (χ1n) is 9.23. The third-order valence-electron chi connectivity index (χ3n) is 5.09. The lowest BCUT2D eigenvalue weighted by Crippen LogP contribution is -2.40. The molecule has 0 unspecified atom stereocenters. The zero-order chi connectivity index (χ0) is 19.7. The molecule has 2 aromatic carbocycles. The number of nitrogens with zero attached hydrogens (tertiary/aromatic N) is 1. The van der Waals surface area contributed by atoms with Gasteiger partial charge in [-0.1, -0.05) is 41.9 Å². The number of carbonyl (C=O) groups is 1. The minimum Gasteiger partial charge on any atom is -0.443 e. The quantitative estimate of drug-likeness (QED) is 0.594. The highest BCUT2D eigenvalue weighted by Crippen LogP contribution is 2.31. The first-order valence-corrected chi connectivity index (χ1v) is 11.0. The number of benzene rings is 2. The molecule has 3 aromatic rings. The summed E-state index contributed by atoms with van der Waals surface area (Å²) in [4.78, 5) is 12.8. The van der Waals surface area contributed by atoms with Gasteiger partial charge in [-0.2, -0.15) is 4.31 Å². The molecule has 146 valence electrons. The van der Waals surface area contributed by atoms with Gasteiger partial charge in [-0.25, -0.2) is 8.42 Å². The molecule has 2 heterocycles. The van der Waals surface area contributed by atoms with Crippen molar-refractivity contribution in [1.29, 1.82) is 0 Å². The largest absolute Gasteiger partial charge is 0.443 e. The fraction of sp³-hybridized carbons (Fsp3) is 0.286. The molecule has 28 heavy (non-hydrogen) atoms. The van der Waals surface area contributed by atoms with Crippen molar-refractivity contribution in [3.05, 3.63) is 65.2 Å². The van der Waals surface area contributed by atoms with E-state index in [4.69, 9.17) is 16.0 Å². The van der Waals surface area contributed by atoms with Crippen molar-refractivity contribution in [2.75, 3.05) is 6.54 Å². The molecule has 1 fully saturated rings. The van der Waals surface area contributed by atoms with Crippen LogP contribution in [-0.4, -0.2) is 31.1 Å². The fourth-order valence-electron chi connectivity index (χ4n) is 3.68. The smallest absolute Gasteiger partial charge is 0.277 e. The summed E-state index contributed by atoms with van der Waals surface area (Å²) in [7, 11) is -3.86. The van der Waals surface area contributed by atoms with Gasteiger partial charge in [0.05, 0.1) is 6.04 Å². The summed E-state index contributed by atoms with van der Waals surface area (Å²) in [6, 6.07) is 15.4. The van der Waals surface area contributed by atoms with E-state index in [1.165, 1.54) is 10.4 Å². The van der Waals surface area contributed by atoms with Crippen LogP contribution in [0.3, 0.4) is 0 Å². The number of ketones is 1. The molecular formula is C21H20ClNO4S. The number of aryl methyl sites for hydroxylation is 1. The Kier molecular flexibility index (Phi) is 5.27. The first kappa shape index (κ1) is 19.2. The number of sulfonamides is 1. The number of hydrogen-bond acceptors (Lipinski definition) is 4. The molecule has 0 aliphatic carbocycles. The van der Waals surface area contributed by atoms with Gasteiger partial charge in [0.15, 0.2) is 5.78 Å². The molecule has 1 atom stereocenters. The highest BCUT2D eigenvalue weighted by atomic mass is 35.5. The van der Waals surface area contributed by atoms with Crippen molar-refractivity contribution < 1.29 is 17.6 Å². The molecule has 5 nitrogen and oxygen atoms in total. The summed E-state index contributed by atoms with van der Waals surface area (Å²) >= 11 is 5.99. The van der Waals surface area contributed by atoms with Crippen LogP contribution in [-0.2, 0) is 21.2 Å². The van der Waals surface area contributed by atoms with Crippen molar-refractivity contribution in [2.45, 2.75) is 36.8 Å². The zero-order valence-electron chi connectivity index (χ0n) is 15.2. The van der Waals surface area contributed by atoms with E-state index in [0.717, 1.165) is 10.9 Å². The third kappa shape index (κ3) is 3.72. The molecule has 0 saturated carbocycles. The summed E-state index contributed by atoms with van der Waals surface area (Å²) in [6.07, 6.45) is 2.01. The fourth-order valence-corrected chi connectivity index (χ4v) is 5.52. The van der Waals surface area contributed by atoms with E-state index in [9.17, 15) is 13.2 Å². The predicted molar refractivity (Wildman–Crippen MR) is 108 cm³/mol. The Morgan fingerprint density at radius 3 is 2.75 bits per heavy atom. The van der Waals surface area contributed by atoms with Gasteiger partial charge in [0.25, 0.3) is 10.0 Å². The van der Waals surface area contributed by atoms with Crippen molar-refractivity contribution in [2.24, 2.45) is 0 Å². The van der Waals surface area contributed by atoms with Crippen LogP contribution in [0, 0.1) is 0 Å². The van der Waals surface area contributed by atoms with Gasteiger partial charge in [-0.3, -0.25) is 4.79 Å². The van der Waals surface area contributed by atoms with Crippen LogP contribution >= 0.6 is 11.6 Å². The second-order valence-corrected chi connectivity index (χ2v) is 9.23. The maximum atomic E-state index is 13.1. The Labute approximate surface area is 168 Å². The lowest BCUT2D eigenvalue weighted by atomic mass is 10.0. The average molecular weight is 418 g/mol. The lowest BCUT2D eigenvalue weighted by molar-refractivity contribution is -0.122. The summed E-state index contributed by atoms with van der Waals surface area (Å²) < 4.78 is 33.1. The van der Waals surface area contributed by atoms with E-state index in [2.05, 4.69) is 0 Å². The van der Waals surface area contributed by atoms with Crippen LogP contribution in [0.25, 0.3) is 11.0 Å². The maximum Gasteiger partial charge on any atom is 0.277 e. The van der Waals surface area contributed by atoms with Gasteiger partial charge in [0, 0.05) is 29.4 Å². The minimum absolute atomic E-state index is 0.0721. The van der Waals surface area contributed by atoms with E-state index in [1.54, 1.807) is 24.3 Å². The van der Waals surface area contributed by atoms with Crippen LogP contribution in [0.4, 0.5) is 0 Å². The number of hydrogen-bond donors (Lipinski definition) is 0. The molecule has 7 heteroatoms. The Balaban J connectivity index is 1.52. The number of rotatable bonds is 6. The summed E-state index contributed by atoms with van der Waals surface area (Å²) in [6.45, 7) is 0.326. The van der Waals surface area contributed by atoms with Gasteiger partial charge in [0.1, 0.15) is 5.58 Å². The molecule has 4 rings (SSSR count). The van der Waals surface area contributed by atoms with Crippen molar-refractivity contribution in [3.8, 4) is 0 Å². The zero-order valence-corrected chi connectivity index (χ0v) is 16.7. The van der Waals surface area contributed by atoms with E-state index < -0.39 is 16.1 Å². The molecule has 0 bridgehead atoms. The Bertz CT molecular complexity index is 1090. The van der Waals surface area contributed by atoms with Crippen molar-refractivity contribution >= 4 is 38.4 Å². The summed E-state index contributed by atoms with van der Waals surface area (Å²) in [5, 5.41) is 1.24. The van der Waals surface area contributed by atoms with Gasteiger partial charge in [-0.15, -0.1) is 0 Å². The molecule has 0 radical (unpaired) electrons. The second kappa shape index (κ2) is 7.70. The number of furan rings is 1. The molecular weight excluding hydrogens is 398 g/mol. The van der Waals surface area contributed by atoms with Gasteiger partial charge < -0.3 is 4.42 Å². The van der Waals surface area contributed by atoms with Crippen LogP contribution < -0.4 is 0 Å². The van der Waals surface area contributed by atoms with Crippen LogP contribution in [0.5, 0.6) is 0 Å². The van der Waals surface area contributed by atoms with Crippen molar-refractivity contribution in [1.82, 2.24) is 4.31 Å². The lowest BCUT2D eigenvalue weighted by Gasteiger charge is -2.21. The molecule has 1 aliphatic heterocycles. The molecule has 0 amide bonds. The number of fused-ring (bicyclic) bond motifs is 1. The monoisotopic (exact) mass is 417 g/mol. The van der Waals surface area contributed by atoms with Crippen LogP contribution in [0.15, 0.2) is 64.1 Å². The summed E-state index contributed by atoms with van der Waals surface area (Å²) in [5.74, 6) is -0.0721. The van der Waals surface area contributed by atoms with Crippen molar-refractivity contribution in [3.63, 3.8) is 0 Å². The van der Waals surface area contributed by atoms with E-state index in [-0.39, 0.29) is 17.3 Å². The number of para-hydroxylation sites is 1. The standard InChI is InChI=1S/C21H20ClNO4S/c22-17-7-3-5-15(13-17)10-11-19(24)18-8-4-12-23(18)28(25,26)21-14-16-6-1-2-9-20(16)27-21/h1-3,5-7,9,13-14,18H,4,8,10-12H2/t18-/m0/s1. The van der Waals surface area contributed by atoms with E-state index >= 15 is 0 Å². The first-order chi connectivity index (χ1) is 13.4. The second-order valence-electron chi connectivity index (χ2n) is 6.97. The number of carbonyl (C=O) groups excluding carboxylic acids is 1. The molecule has 0 N–H and O–H groups in total. The van der Waals surface area contributed by atoms with E-state index in [0.29, 0.717) is 36.4 Å². The van der Waals surface area contributed by atoms with Gasteiger partial charge in [-0.05, 0) is 43.0 Å². The molecule has 1 saturated heterocycles. The average Bonchev–Trinajstić information content (AvgIpc) is 3.34. The Morgan fingerprint density at radius 2 is 1.96 bits per heavy atom. The Hall–Kier alpha value is -2.15. The topological polar surface area (TPSA) is 67.6 Å². The van der Waals surface area contributed by atoms with E-state index in [1.807, 2.05) is 24.3 Å². The van der Waals surface area contributed by atoms with Crippen LogP contribution in [0.1, 0.15) is 24.8 Å². The third-order valence-corrected chi connectivity index (χ3v) is 7.09. The van der Waals surface area contributed by atoms with Gasteiger partial charge in [0.2, 0.25) is 5.09 Å². The highest BCUT2D eigenvalue weighted by Gasteiger charge is 2.40. The van der Waals surface area contributed by atoms with Crippen LogP contribution in [0.2, 0.25) is 5.02 Å². The molecule has 1 aromatic heterocycles. The Morgan fingerprint density at radius 1 is 1.14 bits per heavy atom. The SMILES string of the molecule is O=C(CCc1cccc(Cl)c1)[C@@H]1CCCN1S(=O)(=O)c1cc2ccccc2o1. The number of Topliss-reactive ketones (excluding diaryl/α,β-unsaturated/α-hetero) is 1. The maximum absolute atomic E-state index is 13.1. The van der Waals surface area contributed by atoms with Gasteiger partial charge >= 0.3 is 0 Å². The molecule has 1 aliphatic rings. The predicted octanol–water partition coefficient (Wildman–Crippen LogP) is 4.44. The highest BCUT2D eigenvalue weighted by molar-refractivity contribution is 7.89. The minimum atomic E-state index is -3.86. The normalized spacial score (nSPS) is 18.0. The number of halogens is 1. The molecule has 0 spiro atoms. The summed E-state index contributed by atoms with van der Waals surface area (Å²) in [5.41, 5.74) is 1.48.